The van der Waals surface area contributed by atoms with Crippen molar-refractivity contribution in [1.82, 2.24) is 15.1 Å². The number of carboxylic acid groups (broad SMARTS) is 1. The van der Waals surface area contributed by atoms with Crippen LogP contribution in [0.15, 0.2) is 35.2 Å². The monoisotopic (exact) mass is 335 g/mol. The van der Waals surface area contributed by atoms with Gasteiger partial charge in [-0.2, -0.15) is 5.10 Å². The molecule has 1 aliphatic rings. The van der Waals surface area contributed by atoms with Gasteiger partial charge < -0.3 is 5.11 Å². The number of H-pyrrole nitrogens is 1. The van der Waals surface area contributed by atoms with E-state index in [1.807, 2.05) is 4.90 Å². The Morgan fingerprint density at radius 3 is 2.74 bits per heavy atom. The highest BCUT2D eigenvalue weighted by molar-refractivity contribution is 7.91. The molecule has 1 aromatic carbocycles. The minimum atomic E-state index is -3.33. The molecule has 122 valence electrons. The maximum absolute atomic E-state index is 12.3. The number of fused-ring (bicyclic) bond motifs is 1. The molecule has 2 aromatic rings. The Morgan fingerprint density at radius 2 is 2.04 bits per heavy atom. The van der Waals surface area contributed by atoms with Crippen LogP contribution in [0.2, 0.25) is 0 Å². The SMILES string of the molecule is O=C(O)c1n[nH]c2c1CN(CCS(=O)(=O)c1ccccc1)CC2. The van der Waals surface area contributed by atoms with Gasteiger partial charge in [-0.25, -0.2) is 13.2 Å². The van der Waals surface area contributed by atoms with Gasteiger partial charge in [0, 0.05) is 37.3 Å². The second kappa shape index (κ2) is 6.13. The van der Waals surface area contributed by atoms with E-state index in [2.05, 4.69) is 10.2 Å². The lowest BCUT2D eigenvalue weighted by Crippen LogP contribution is -2.34. The van der Waals surface area contributed by atoms with Crippen LogP contribution in [0.5, 0.6) is 0 Å². The summed E-state index contributed by atoms with van der Waals surface area (Å²) in [5.74, 6) is -1.06. The molecule has 7 nitrogen and oxygen atoms in total. The molecule has 0 fully saturated rings. The van der Waals surface area contributed by atoms with Crippen molar-refractivity contribution < 1.29 is 18.3 Å². The quantitative estimate of drug-likeness (QED) is 0.843. The number of sulfone groups is 1. The van der Waals surface area contributed by atoms with E-state index >= 15 is 0 Å². The maximum atomic E-state index is 12.3. The summed E-state index contributed by atoms with van der Waals surface area (Å²) >= 11 is 0. The van der Waals surface area contributed by atoms with E-state index in [-0.39, 0.29) is 11.4 Å². The lowest BCUT2D eigenvalue weighted by atomic mass is 10.1. The normalized spacial score (nSPS) is 15.3. The van der Waals surface area contributed by atoms with Crippen LogP contribution in [-0.4, -0.2) is 53.4 Å². The molecule has 0 atom stereocenters. The Bertz CT molecular complexity index is 815. The first-order valence-corrected chi connectivity index (χ1v) is 8.92. The molecule has 0 amide bonds. The number of nitrogens with zero attached hydrogens (tertiary/aromatic N) is 2. The van der Waals surface area contributed by atoms with Crippen molar-refractivity contribution in [3.63, 3.8) is 0 Å². The number of aromatic nitrogens is 2. The van der Waals surface area contributed by atoms with Gasteiger partial charge in [0.1, 0.15) is 0 Å². The Kier molecular flexibility index (Phi) is 4.18. The van der Waals surface area contributed by atoms with Crippen molar-refractivity contribution in [2.45, 2.75) is 17.9 Å². The predicted molar refractivity (Wildman–Crippen MR) is 83.0 cm³/mol. The molecular weight excluding hydrogens is 318 g/mol. The lowest BCUT2D eigenvalue weighted by Gasteiger charge is -2.26. The van der Waals surface area contributed by atoms with Crippen molar-refractivity contribution >= 4 is 15.8 Å². The third-order valence-electron chi connectivity index (χ3n) is 3.99. The van der Waals surface area contributed by atoms with Crippen molar-refractivity contribution in [1.29, 1.82) is 0 Å². The van der Waals surface area contributed by atoms with Crippen LogP contribution in [0.25, 0.3) is 0 Å². The molecule has 0 aliphatic carbocycles. The molecule has 0 spiro atoms. The molecule has 0 saturated carbocycles. The molecular formula is C15H17N3O4S. The summed E-state index contributed by atoms with van der Waals surface area (Å²) in [4.78, 5) is 13.4. The topological polar surface area (TPSA) is 103 Å². The molecule has 0 bridgehead atoms. The minimum Gasteiger partial charge on any atom is -0.476 e. The van der Waals surface area contributed by atoms with Crippen LogP contribution >= 0.6 is 0 Å². The first-order valence-electron chi connectivity index (χ1n) is 7.27. The summed E-state index contributed by atoms with van der Waals surface area (Å²) in [6.45, 7) is 1.44. The van der Waals surface area contributed by atoms with Crippen LogP contribution in [0.1, 0.15) is 21.7 Å². The van der Waals surface area contributed by atoms with Gasteiger partial charge in [0.2, 0.25) is 0 Å². The van der Waals surface area contributed by atoms with E-state index in [4.69, 9.17) is 5.11 Å². The second-order valence-corrected chi connectivity index (χ2v) is 7.60. The van der Waals surface area contributed by atoms with E-state index in [1.54, 1.807) is 30.3 Å². The molecule has 0 radical (unpaired) electrons. The van der Waals surface area contributed by atoms with Crippen LogP contribution < -0.4 is 0 Å². The molecule has 1 aliphatic heterocycles. The molecule has 2 N–H and O–H groups in total. The van der Waals surface area contributed by atoms with Gasteiger partial charge in [0.25, 0.3) is 0 Å². The average molecular weight is 335 g/mol. The number of benzene rings is 1. The summed E-state index contributed by atoms with van der Waals surface area (Å²) in [6, 6.07) is 8.34. The molecule has 8 heteroatoms. The Labute approximate surface area is 133 Å². The summed E-state index contributed by atoms with van der Waals surface area (Å²) in [5.41, 5.74) is 1.50. The van der Waals surface area contributed by atoms with Gasteiger partial charge >= 0.3 is 5.97 Å². The zero-order valence-electron chi connectivity index (χ0n) is 12.4. The number of nitrogens with one attached hydrogen (secondary N) is 1. The predicted octanol–water partition coefficient (Wildman–Crippen LogP) is 0.940. The average Bonchev–Trinajstić information content (AvgIpc) is 2.97. The molecule has 0 unspecified atom stereocenters. The number of hydrogen-bond acceptors (Lipinski definition) is 5. The van der Waals surface area contributed by atoms with Gasteiger partial charge in [-0.05, 0) is 12.1 Å². The Morgan fingerprint density at radius 1 is 1.30 bits per heavy atom. The first kappa shape index (κ1) is 15.7. The first-order chi connectivity index (χ1) is 11.0. The van der Waals surface area contributed by atoms with Gasteiger partial charge in [-0.3, -0.25) is 10.00 Å². The Hall–Kier alpha value is -2.19. The van der Waals surface area contributed by atoms with E-state index in [0.29, 0.717) is 36.5 Å². The summed E-state index contributed by atoms with van der Waals surface area (Å²) < 4.78 is 24.6. The van der Waals surface area contributed by atoms with Gasteiger partial charge in [-0.15, -0.1) is 0 Å². The summed E-state index contributed by atoms with van der Waals surface area (Å²) in [5, 5.41) is 15.7. The number of carbonyl (C=O) groups is 1. The fourth-order valence-electron chi connectivity index (χ4n) is 2.71. The number of hydrogen-bond donors (Lipinski definition) is 2. The van der Waals surface area contributed by atoms with Gasteiger partial charge in [-0.1, -0.05) is 18.2 Å². The third-order valence-corrected chi connectivity index (χ3v) is 5.70. The maximum Gasteiger partial charge on any atom is 0.356 e. The van der Waals surface area contributed by atoms with Gasteiger partial charge in [0.05, 0.1) is 10.6 Å². The molecule has 2 heterocycles. The van der Waals surface area contributed by atoms with Crippen molar-refractivity contribution in [2.24, 2.45) is 0 Å². The van der Waals surface area contributed by atoms with E-state index < -0.39 is 15.8 Å². The second-order valence-electron chi connectivity index (χ2n) is 5.49. The van der Waals surface area contributed by atoms with Crippen molar-refractivity contribution in [3.8, 4) is 0 Å². The molecule has 3 rings (SSSR count). The largest absolute Gasteiger partial charge is 0.476 e. The van der Waals surface area contributed by atoms with E-state index in [0.717, 1.165) is 5.69 Å². The number of aromatic carboxylic acids is 1. The highest BCUT2D eigenvalue weighted by Crippen LogP contribution is 2.21. The molecule has 0 saturated heterocycles. The molecule has 23 heavy (non-hydrogen) atoms. The van der Waals surface area contributed by atoms with Crippen molar-refractivity contribution in [2.75, 3.05) is 18.8 Å². The standard InChI is InChI=1S/C15H17N3O4S/c19-15(20)14-12-10-18(7-6-13(12)16-17-14)8-9-23(21,22)11-4-2-1-3-5-11/h1-5H,6-10H2,(H,16,17)(H,19,20). The zero-order valence-corrected chi connectivity index (χ0v) is 13.2. The van der Waals surface area contributed by atoms with Crippen LogP contribution in [0.4, 0.5) is 0 Å². The molecule has 1 aromatic heterocycles. The summed E-state index contributed by atoms with van der Waals surface area (Å²) in [7, 11) is -3.33. The highest BCUT2D eigenvalue weighted by Gasteiger charge is 2.26. The Balaban J connectivity index is 1.68. The van der Waals surface area contributed by atoms with E-state index in [1.165, 1.54) is 0 Å². The minimum absolute atomic E-state index is 0.00655. The third kappa shape index (κ3) is 3.27. The smallest absolute Gasteiger partial charge is 0.356 e. The fraction of sp³-hybridized carbons (Fsp3) is 0.333. The van der Waals surface area contributed by atoms with Crippen molar-refractivity contribution in [3.05, 3.63) is 47.3 Å². The number of rotatable bonds is 5. The van der Waals surface area contributed by atoms with E-state index in [9.17, 15) is 13.2 Å². The lowest BCUT2D eigenvalue weighted by molar-refractivity contribution is 0.0687. The highest BCUT2D eigenvalue weighted by atomic mass is 32.2. The summed E-state index contributed by atoms with van der Waals surface area (Å²) in [6.07, 6.45) is 0.640. The fourth-order valence-corrected chi connectivity index (χ4v) is 4.02. The van der Waals surface area contributed by atoms with Crippen LogP contribution in [0, 0.1) is 0 Å². The van der Waals surface area contributed by atoms with Crippen LogP contribution in [-0.2, 0) is 22.8 Å². The number of aromatic amines is 1. The van der Waals surface area contributed by atoms with Crippen LogP contribution in [0.3, 0.4) is 0 Å². The number of carboxylic acids is 1. The van der Waals surface area contributed by atoms with Gasteiger partial charge in [0.15, 0.2) is 15.5 Å². The zero-order chi connectivity index (χ0) is 16.4.